The number of hydrogen-bond donors (Lipinski definition) is 6. The zero-order chi connectivity index (χ0) is 64.9. The number of anilines is 3. The second kappa shape index (κ2) is 26.9. The maximum Gasteiger partial charge on any atom is 0.280 e. The van der Waals surface area contributed by atoms with Gasteiger partial charge in [0.1, 0.15) is 35.6 Å². The van der Waals surface area contributed by atoms with Crippen LogP contribution in [0.2, 0.25) is 15.1 Å². The van der Waals surface area contributed by atoms with Crippen molar-refractivity contribution in [1.82, 2.24) is 55.7 Å². The van der Waals surface area contributed by atoms with Crippen molar-refractivity contribution in [3.63, 3.8) is 0 Å². The highest BCUT2D eigenvalue weighted by Gasteiger charge is 2.44. The molecule has 3 fully saturated rings. The van der Waals surface area contributed by atoms with E-state index in [4.69, 9.17) is 34.8 Å². The molecule has 3 aliphatic heterocycles. The van der Waals surface area contributed by atoms with Crippen LogP contribution in [0.3, 0.4) is 0 Å². The molecule has 3 amide bonds. The third-order valence-electron chi connectivity index (χ3n) is 15.6. The number of aryl methyl sites for hydroxylation is 3. The topological polar surface area (TPSA) is 289 Å². The lowest BCUT2D eigenvalue weighted by Crippen LogP contribution is -2.55. The number of hydrogen-bond acceptors (Lipinski definition) is 12. The van der Waals surface area contributed by atoms with Gasteiger partial charge in [0.05, 0.1) is 85.3 Å². The number of likely N-dealkylation sites (N-methyl/N-ethyl adjacent to an activating group) is 3. The van der Waals surface area contributed by atoms with E-state index in [0.29, 0.717) is 16.7 Å². The van der Waals surface area contributed by atoms with Crippen molar-refractivity contribution in [2.75, 3.05) is 37.1 Å². The molecule has 0 saturated carbocycles. The van der Waals surface area contributed by atoms with Gasteiger partial charge in [0.25, 0.3) is 30.6 Å². The van der Waals surface area contributed by atoms with E-state index >= 15 is 0 Å². The van der Waals surface area contributed by atoms with Gasteiger partial charge in [-0.2, -0.15) is 52.3 Å². The van der Waals surface area contributed by atoms with Crippen LogP contribution in [0.15, 0.2) is 128 Å². The molecule has 0 spiro atoms. The normalized spacial score (nSPS) is 21.4. The fraction of sp³-hybridized carbons (Fsp3) is 0.276. The van der Waals surface area contributed by atoms with Crippen LogP contribution < -0.4 is 30.1 Å². The van der Waals surface area contributed by atoms with Crippen molar-refractivity contribution in [3.8, 4) is 0 Å². The van der Waals surface area contributed by atoms with Gasteiger partial charge >= 0.3 is 0 Å². The monoisotopic (exact) mass is 1370 g/mol. The smallest absolute Gasteiger partial charge is 0.280 e. The molecule has 6 aromatic carbocycles. The van der Waals surface area contributed by atoms with Crippen molar-refractivity contribution in [1.29, 1.82) is 0 Å². The average molecular weight is 1370 g/mol. The Morgan fingerprint density at radius 3 is 0.923 bits per heavy atom. The van der Waals surface area contributed by atoms with Crippen molar-refractivity contribution in [2.45, 2.75) is 62.9 Å². The molecule has 6 atom stereocenters. The number of carbonyl (C=O) groups is 3. The van der Waals surface area contributed by atoms with E-state index in [9.17, 15) is 52.8 Å². The lowest BCUT2D eigenvalue weighted by molar-refractivity contribution is -0.120. The molecular weight excluding hydrogens is 1310 g/mol. The fourth-order valence-corrected chi connectivity index (χ4v) is 14.9. The summed E-state index contributed by atoms with van der Waals surface area (Å²) in [7, 11) is -2.07. The highest BCUT2D eigenvalue weighted by atomic mass is 35.5. The SMILES string of the molecule is C.CN1C(C(=O)Nc2ccc(F)c(Cl)c2)CC(c2ccc3c(c2)ncn3C)NS1(=O)=O.CN1[C@@H](C(=O)Nc2ccc(F)c(Cl)c2)C[C@@H](c2ccc3c(c2)ncn3C)NS1(=O)=O.CN1[C@H](C(=O)Nc2ccc(F)c(Cl)c2)C[C@H](c2ccc3c(c2)ncn3C)NS1(=O)=O. The first kappa shape index (κ1) is 67.8. The van der Waals surface area contributed by atoms with Crippen LogP contribution in [0.5, 0.6) is 0 Å². The third kappa shape index (κ3) is 14.7. The number of carbonyl (C=O) groups excluding carboxylic acids is 3. The highest BCUT2D eigenvalue weighted by Crippen LogP contribution is 2.35. The van der Waals surface area contributed by atoms with E-state index in [0.717, 1.165) is 64.2 Å². The molecule has 24 nitrogen and oxygen atoms in total. The van der Waals surface area contributed by atoms with Gasteiger partial charge in [-0.1, -0.05) is 60.4 Å². The molecule has 3 saturated heterocycles. The zero-order valence-electron chi connectivity index (χ0n) is 48.4. The summed E-state index contributed by atoms with van der Waals surface area (Å²) in [5, 5.41) is 7.42. The molecule has 12 rings (SSSR count). The van der Waals surface area contributed by atoms with Crippen LogP contribution >= 0.6 is 34.8 Å². The summed E-state index contributed by atoms with van der Waals surface area (Å²) in [5.74, 6) is -3.43. The summed E-state index contributed by atoms with van der Waals surface area (Å²) in [6, 6.07) is 23.0. The first-order valence-electron chi connectivity index (χ1n) is 27.2. The number of benzene rings is 6. The van der Waals surface area contributed by atoms with E-state index < -0.39 is 102 Å². The second-order valence-electron chi connectivity index (χ2n) is 21.5. The van der Waals surface area contributed by atoms with Gasteiger partial charge < -0.3 is 29.7 Å². The number of halogens is 6. The molecule has 2 unspecified atom stereocenters. The molecule has 0 bridgehead atoms. The predicted octanol–water partition coefficient (Wildman–Crippen LogP) is 8.39. The van der Waals surface area contributed by atoms with Gasteiger partial charge in [-0.05, 0) is 127 Å². The van der Waals surface area contributed by atoms with Crippen LogP contribution in [-0.2, 0) is 66.2 Å². The van der Waals surface area contributed by atoms with Crippen molar-refractivity contribution >= 4 is 133 Å². The van der Waals surface area contributed by atoms with Gasteiger partial charge in [0.15, 0.2) is 0 Å². The molecule has 91 heavy (non-hydrogen) atoms. The number of fused-ring (bicyclic) bond motifs is 3. The van der Waals surface area contributed by atoms with Crippen molar-refractivity contribution in [3.05, 3.63) is 177 Å². The largest absolute Gasteiger partial charge is 0.334 e. The van der Waals surface area contributed by atoms with Crippen LogP contribution in [0.25, 0.3) is 33.1 Å². The predicted molar refractivity (Wildman–Crippen MR) is 342 cm³/mol. The number of aromatic nitrogens is 6. The Morgan fingerprint density at radius 1 is 0.429 bits per heavy atom. The average Bonchev–Trinajstić information content (AvgIpc) is 1.72. The molecule has 33 heteroatoms. The quantitative estimate of drug-likeness (QED) is 0.0794. The van der Waals surface area contributed by atoms with Gasteiger partial charge in [0.2, 0.25) is 17.7 Å². The summed E-state index contributed by atoms with van der Waals surface area (Å²) in [4.78, 5) is 51.5. The third-order valence-corrected chi connectivity index (χ3v) is 21.3. The first-order chi connectivity index (χ1) is 42.5. The summed E-state index contributed by atoms with van der Waals surface area (Å²) >= 11 is 17.3. The number of imidazole rings is 3. The van der Waals surface area contributed by atoms with E-state index in [1.165, 1.54) is 57.5 Å². The molecule has 6 heterocycles. The zero-order valence-corrected chi connectivity index (χ0v) is 53.1. The molecule has 9 aromatic rings. The minimum Gasteiger partial charge on any atom is -0.334 e. The Kier molecular flexibility index (Phi) is 20.1. The van der Waals surface area contributed by atoms with Crippen LogP contribution in [0.4, 0.5) is 30.2 Å². The summed E-state index contributed by atoms with van der Waals surface area (Å²) in [6.45, 7) is 0. The van der Waals surface area contributed by atoms with Crippen LogP contribution in [0, 0.1) is 17.5 Å². The van der Waals surface area contributed by atoms with Crippen molar-refractivity contribution < 1.29 is 52.8 Å². The lowest BCUT2D eigenvalue weighted by Gasteiger charge is -2.36. The van der Waals surface area contributed by atoms with E-state index in [1.807, 2.05) is 89.4 Å². The Hall–Kier alpha value is -7.59. The molecule has 3 aromatic heterocycles. The molecule has 482 valence electrons. The van der Waals surface area contributed by atoms with Gasteiger partial charge in [-0.25, -0.2) is 28.1 Å². The molecular formula is C58H61Cl3F3N15O9S3. The minimum absolute atomic E-state index is 0. The number of amides is 3. The van der Waals surface area contributed by atoms with Crippen LogP contribution in [-0.4, -0.2) is 124 Å². The number of nitrogens with one attached hydrogen (secondary N) is 6. The first-order valence-corrected chi connectivity index (χ1v) is 32.7. The molecule has 0 radical (unpaired) electrons. The maximum atomic E-state index is 13.4. The second-order valence-corrected chi connectivity index (χ2v) is 28.0. The Bertz CT molecular complexity index is 4200. The van der Waals surface area contributed by atoms with Crippen LogP contribution in [0.1, 0.15) is 61.5 Å². The van der Waals surface area contributed by atoms with Gasteiger partial charge in [-0.15, -0.1) is 0 Å². The van der Waals surface area contributed by atoms with E-state index in [1.54, 1.807) is 19.0 Å². The highest BCUT2D eigenvalue weighted by molar-refractivity contribution is 7.87. The fourth-order valence-electron chi connectivity index (χ4n) is 10.5. The molecule has 3 aliphatic rings. The summed E-state index contributed by atoms with van der Waals surface area (Å²) < 4.78 is 132. The van der Waals surface area contributed by atoms with E-state index in [-0.39, 0.29) is 58.8 Å². The number of rotatable bonds is 9. The molecule has 6 N–H and O–H groups in total. The maximum absolute atomic E-state index is 13.4. The minimum atomic E-state index is -3.90. The Morgan fingerprint density at radius 2 is 0.681 bits per heavy atom. The summed E-state index contributed by atoms with van der Waals surface area (Å²) in [5.41, 5.74) is 7.90. The molecule has 0 aliphatic carbocycles. The summed E-state index contributed by atoms with van der Waals surface area (Å²) in [6.07, 6.45) is 5.64. The number of nitrogens with zero attached hydrogens (tertiary/aromatic N) is 9. The van der Waals surface area contributed by atoms with Crippen molar-refractivity contribution in [2.24, 2.45) is 21.1 Å². The lowest BCUT2D eigenvalue weighted by atomic mass is 9.99. The van der Waals surface area contributed by atoms with Gasteiger partial charge in [-0.3, -0.25) is 14.4 Å². The van der Waals surface area contributed by atoms with E-state index in [2.05, 4.69) is 45.1 Å². The van der Waals surface area contributed by atoms with Gasteiger partial charge in [0, 0.05) is 59.3 Å². The Balaban J connectivity index is 0.000000161. The Labute approximate surface area is 537 Å². The standard InChI is InChI=1S/3C19H19ClFN5O3S.CH4/c3*1-25-10-22-16-7-11(3-6-17(16)25)15-9-18(26(2)30(28,29)24-15)19(27)23-12-4-5-14(21)13(20)8-12;/h3*3-8,10,15,18,24H,9H2,1-2H3,(H,23,27);1H4/t2*15-,18+;;/m10../s1.